The molecule has 0 bridgehead atoms. The summed E-state index contributed by atoms with van der Waals surface area (Å²) < 4.78 is 0. The molecule has 5 nitrogen and oxygen atoms in total. The maximum absolute atomic E-state index is 13.2. The molecule has 0 aliphatic carbocycles. The highest BCUT2D eigenvalue weighted by molar-refractivity contribution is 6.26. The number of piperidine rings is 1. The van der Waals surface area contributed by atoms with Gasteiger partial charge in [0.2, 0.25) is 0 Å². The highest BCUT2D eigenvalue weighted by Crippen LogP contribution is 2.32. The van der Waals surface area contributed by atoms with Crippen molar-refractivity contribution in [1.29, 1.82) is 0 Å². The molecule has 2 heterocycles. The van der Waals surface area contributed by atoms with Gasteiger partial charge in [-0.15, -0.1) is 0 Å². The van der Waals surface area contributed by atoms with Crippen LogP contribution in [0, 0.1) is 0 Å². The van der Waals surface area contributed by atoms with Crippen molar-refractivity contribution in [3.8, 4) is 0 Å². The van der Waals surface area contributed by atoms with E-state index in [1.807, 2.05) is 6.07 Å². The fraction of sp³-hybridized carbons (Fsp3) is 0.250. The van der Waals surface area contributed by atoms with Gasteiger partial charge in [-0.2, -0.15) is 0 Å². The first-order valence-electron chi connectivity index (χ1n) is 8.52. The van der Waals surface area contributed by atoms with Crippen LogP contribution in [-0.4, -0.2) is 35.2 Å². The van der Waals surface area contributed by atoms with Gasteiger partial charge in [0.15, 0.2) is 0 Å². The summed E-state index contributed by atoms with van der Waals surface area (Å²) in [6, 6.07) is 15.0. The predicted octanol–water partition coefficient (Wildman–Crippen LogP) is 2.87. The standard InChI is InChI=1S/C20H18N2O3/c23-18(14-8-2-1-3-9-14)22-16-11-5-4-10-15(16)19(24)21-13-7-6-12-17(21)20(22)25/h1-5,8-11,17H,6-7,12-13H2/t17-/m0/s1. The molecule has 2 aromatic rings. The van der Waals surface area contributed by atoms with E-state index in [4.69, 9.17) is 0 Å². The Morgan fingerprint density at radius 1 is 0.920 bits per heavy atom. The summed E-state index contributed by atoms with van der Waals surface area (Å²) in [6.45, 7) is 0.553. The van der Waals surface area contributed by atoms with E-state index < -0.39 is 11.9 Å². The fourth-order valence-electron chi connectivity index (χ4n) is 3.62. The van der Waals surface area contributed by atoms with Crippen LogP contribution < -0.4 is 4.90 Å². The Morgan fingerprint density at radius 2 is 1.64 bits per heavy atom. The molecule has 2 aromatic carbocycles. The highest BCUT2D eigenvalue weighted by atomic mass is 16.2. The predicted molar refractivity (Wildman–Crippen MR) is 93.4 cm³/mol. The number of hydrogen-bond acceptors (Lipinski definition) is 3. The minimum atomic E-state index is -0.568. The number of carbonyl (C=O) groups excluding carboxylic acids is 3. The molecule has 1 atom stereocenters. The van der Waals surface area contributed by atoms with Crippen LogP contribution in [0.15, 0.2) is 54.6 Å². The van der Waals surface area contributed by atoms with Gasteiger partial charge in [-0.25, -0.2) is 4.90 Å². The van der Waals surface area contributed by atoms with Crippen LogP contribution in [0.4, 0.5) is 5.69 Å². The monoisotopic (exact) mass is 334 g/mol. The zero-order chi connectivity index (χ0) is 17.4. The fourth-order valence-corrected chi connectivity index (χ4v) is 3.62. The Balaban J connectivity index is 1.87. The summed E-state index contributed by atoms with van der Waals surface area (Å²) in [5.74, 6) is -0.873. The van der Waals surface area contributed by atoms with E-state index in [-0.39, 0.29) is 11.8 Å². The minimum absolute atomic E-state index is 0.169. The molecule has 3 amide bonds. The smallest absolute Gasteiger partial charge is 0.265 e. The van der Waals surface area contributed by atoms with Gasteiger partial charge in [-0.1, -0.05) is 30.3 Å². The molecule has 0 unspecified atom stereocenters. The van der Waals surface area contributed by atoms with Gasteiger partial charge in [0.1, 0.15) is 6.04 Å². The summed E-state index contributed by atoms with van der Waals surface area (Å²) >= 11 is 0. The maximum atomic E-state index is 13.2. The number of benzene rings is 2. The SMILES string of the molecule is O=C(c1ccccc1)N1C(=O)[C@@H]2CCCCN2C(=O)c2ccccc21. The first kappa shape index (κ1) is 15.6. The van der Waals surface area contributed by atoms with Crippen LogP contribution in [0.5, 0.6) is 0 Å². The van der Waals surface area contributed by atoms with Crippen LogP contribution in [0.3, 0.4) is 0 Å². The van der Waals surface area contributed by atoms with E-state index in [0.29, 0.717) is 29.8 Å². The van der Waals surface area contributed by atoms with Crippen LogP contribution in [-0.2, 0) is 4.79 Å². The van der Waals surface area contributed by atoms with E-state index in [0.717, 1.165) is 12.8 Å². The van der Waals surface area contributed by atoms with Crippen molar-refractivity contribution in [2.75, 3.05) is 11.4 Å². The molecule has 0 saturated carbocycles. The van der Waals surface area contributed by atoms with Crippen molar-refractivity contribution in [3.05, 3.63) is 65.7 Å². The molecule has 4 rings (SSSR count). The number of rotatable bonds is 1. The number of anilines is 1. The third kappa shape index (κ3) is 2.52. The maximum Gasteiger partial charge on any atom is 0.265 e. The summed E-state index contributed by atoms with van der Waals surface area (Å²) in [6.07, 6.45) is 2.35. The van der Waals surface area contributed by atoms with Crippen LogP contribution in [0.2, 0.25) is 0 Å². The van der Waals surface area contributed by atoms with Gasteiger partial charge >= 0.3 is 0 Å². The molecule has 0 N–H and O–H groups in total. The Labute approximate surface area is 145 Å². The summed E-state index contributed by atoms with van der Waals surface area (Å²) in [5.41, 5.74) is 1.22. The van der Waals surface area contributed by atoms with Crippen LogP contribution in [0.25, 0.3) is 0 Å². The molecule has 2 aliphatic rings. The van der Waals surface area contributed by atoms with Gasteiger partial charge in [0.05, 0.1) is 11.3 Å². The van der Waals surface area contributed by atoms with Crippen LogP contribution in [0.1, 0.15) is 40.0 Å². The lowest BCUT2D eigenvalue weighted by atomic mass is 10.0. The number of nitrogens with zero attached hydrogens (tertiary/aromatic N) is 2. The molecule has 25 heavy (non-hydrogen) atoms. The molecule has 2 aliphatic heterocycles. The molecule has 0 spiro atoms. The van der Waals surface area contributed by atoms with Crippen molar-refractivity contribution in [2.24, 2.45) is 0 Å². The van der Waals surface area contributed by atoms with E-state index >= 15 is 0 Å². The Bertz CT molecular complexity index is 847. The molecular formula is C20H18N2O3. The molecule has 1 saturated heterocycles. The molecule has 0 aromatic heterocycles. The average molecular weight is 334 g/mol. The number of carbonyl (C=O) groups is 3. The van der Waals surface area contributed by atoms with E-state index in [1.54, 1.807) is 53.4 Å². The van der Waals surface area contributed by atoms with Gasteiger partial charge in [-0.05, 0) is 43.5 Å². The van der Waals surface area contributed by atoms with Crippen molar-refractivity contribution >= 4 is 23.4 Å². The first-order chi connectivity index (χ1) is 12.2. The van der Waals surface area contributed by atoms with Gasteiger partial charge in [-0.3, -0.25) is 14.4 Å². The van der Waals surface area contributed by atoms with E-state index in [2.05, 4.69) is 0 Å². The van der Waals surface area contributed by atoms with Gasteiger partial charge < -0.3 is 4.90 Å². The third-order valence-corrected chi connectivity index (χ3v) is 4.87. The Morgan fingerprint density at radius 3 is 2.44 bits per heavy atom. The lowest BCUT2D eigenvalue weighted by molar-refractivity contribution is -0.123. The average Bonchev–Trinajstić information content (AvgIpc) is 2.77. The largest absolute Gasteiger partial charge is 0.327 e. The molecule has 0 radical (unpaired) electrons. The Hall–Kier alpha value is -2.95. The van der Waals surface area contributed by atoms with Crippen molar-refractivity contribution in [1.82, 2.24) is 4.90 Å². The van der Waals surface area contributed by atoms with Crippen molar-refractivity contribution < 1.29 is 14.4 Å². The summed E-state index contributed by atoms with van der Waals surface area (Å²) in [4.78, 5) is 42.1. The molecular weight excluding hydrogens is 316 g/mol. The third-order valence-electron chi connectivity index (χ3n) is 4.87. The second-order valence-electron chi connectivity index (χ2n) is 6.37. The lowest BCUT2D eigenvalue weighted by Gasteiger charge is -2.34. The number of imide groups is 1. The normalized spacial score (nSPS) is 19.9. The van der Waals surface area contributed by atoms with Gasteiger partial charge in [0, 0.05) is 12.1 Å². The van der Waals surface area contributed by atoms with Gasteiger partial charge in [0.25, 0.3) is 17.7 Å². The van der Waals surface area contributed by atoms with Crippen molar-refractivity contribution in [2.45, 2.75) is 25.3 Å². The zero-order valence-corrected chi connectivity index (χ0v) is 13.7. The molecule has 1 fully saturated rings. The number of fused-ring (bicyclic) bond motifs is 2. The zero-order valence-electron chi connectivity index (χ0n) is 13.7. The number of para-hydroxylation sites is 1. The quantitative estimate of drug-likeness (QED) is 0.754. The Kier molecular flexibility index (Phi) is 3.84. The van der Waals surface area contributed by atoms with E-state index in [9.17, 15) is 14.4 Å². The molecule has 126 valence electrons. The molecule has 5 heteroatoms. The summed E-state index contributed by atoms with van der Waals surface area (Å²) in [5, 5.41) is 0. The number of amides is 3. The minimum Gasteiger partial charge on any atom is -0.327 e. The van der Waals surface area contributed by atoms with E-state index in [1.165, 1.54) is 4.90 Å². The second-order valence-corrected chi connectivity index (χ2v) is 6.37. The second kappa shape index (κ2) is 6.16. The summed E-state index contributed by atoms with van der Waals surface area (Å²) in [7, 11) is 0. The first-order valence-corrected chi connectivity index (χ1v) is 8.52. The topological polar surface area (TPSA) is 57.7 Å². The highest BCUT2D eigenvalue weighted by Gasteiger charge is 2.42. The lowest BCUT2D eigenvalue weighted by Crippen LogP contribution is -2.52. The van der Waals surface area contributed by atoms with Crippen molar-refractivity contribution in [3.63, 3.8) is 0 Å². The number of hydrogen-bond donors (Lipinski definition) is 0. The van der Waals surface area contributed by atoms with Crippen LogP contribution >= 0.6 is 0 Å².